The zero-order chi connectivity index (χ0) is 4.12. The molecule has 0 aliphatic carbocycles. The van der Waals surface area contributed by atoms with Gasteiger partial charge in [0.05, 0.1) is 0 Å². The predicted molar refractivity (Wildman–Crippen MR) is 24.8 cm³/mol. The Hall–Kier alpha value is 2.54. The standard InChI is InChI=1S/C5H9.2HI.Sm/c1-3-5-4-2;;;/h3H,1-2,4-5H2;2*1H;/p-2. The molecule has 0 saturated heterocycles. The van der Waals surface area contributed by atoms with Crippen molar-refractivity contribution in [3.63, 3.8) is 0 Å². The summed E-state index contributed by atoms with van der Waals surface area (Å²) in [6.07, 6.45) is 3.89. The summed E-state index contributed by atoms with van der Waals surface area (Å²) in [4.78, 5) is 0. The first kappa shape index (κ1) is 22.4. The van der Waals surface area contributed by atoms with Crippen LogP contribution in [0.2, 0.25) is 0 Å². The molecule has 1 radical (unpaired) electrons. The predicted octanol–water partition coefficient (Wildman–Crippen LogP) is -4.21. The van der Waals surface area contributed by atoms with E-state index in [2.05, 4.69) is 13.5 Å². The van der Waals surface area contributed by atoms with Gasteiger partial charge in [0.25, 0.3) is 0 Å². The van der Waals surface area contributed by atoms with E-state index in [1.807, 2.05) is 6.08 Å². The third-order valence-corrected chi connectivity index (χ3v) is 0.408. The van der Waals surface area contributed by atoms with Gasteiger partial charge in [0, 0.05) is 40.4 Å². The normalized spacial score (nSPS) is 4.62. The monoisotopic (exact) mass is 475 g/mol. The molecule has 0 spiro atoms. The van der Waals surface area contributed by atoms with Gasteiger partial charge in [0.15, 0.2) is 0 Å². The Labute approximate surface area is 118 Å². The van der Waals surface area contributed by atoms with Gasteiger partial charge in [-0.25, -0.2) is 0 Å². The van der Waals surface area contributed by atoms with Crippen LogP contribution in [0.1, 0.15) is 12.8 Å². The molecule has 0 fully saturated rings. The molecular weight excluding hydrogens is 464 g/mol. The zero-order valence-corrected chi connectivity index (χ0v) is 11.5. The molecule has 0 aliphatic heterocycles. The number of hydrogen-bond donors (Lipinski definition) is 0. The molecular formula is C5H9I2Sm-2. The Morgan fingerprint density at radius 2 is 1.62 bits per heavy atom. The van der Waals surface area contributed by atoms with Gasteiger partial charge in [0.2, 0.25) is 0 Å². The maximum Gasteiger partial charge on any atom is 0 e. The van der Waals surface area contributed by atoms with Gasteiger partial charge in [-0.2, -0.15) is 0 Å². The van der Waals surface area contributed by atoms with Crippen LogP contribution >= 0.6 is 0 Å². The molecule has 0 heterocycles. The van der Waals surface area contributed by atoms with Gasteiger partial charge in [-0.05, 0) is 12.8 Å². The molecule has 0 nitrogen and oxygen atoms in total. The summed E-state index contributed by atoms with van der Waals surface area (Å²) in [7, 11) is 0. The molecule has 0 saturated carbocycles. The van der Waals surface area contributed by atoms with Crippen molar-refractivity contribution in [2.24, 2.45) is 0 Å². The first-order valence-corrected chi connectivity index (χ1v) is 1.82. The van der Waals surface area contributed by atoms with Crippen LogP contribution in [0.25, 0.3) is 0 Å². The first-order valence-electron chi connectivity index (χ1n) is 1.82. The van der Waals surface area contributed by atoms with Crippen LogP contribution in [0.5, 0.6) is 0 Å². The molecule has 0 aromatic rings. The molecule has 0 amide bonds. The van der Waals surface area contributed by atoms with Crippen LogP contribution in [0.3, 0.4) is 0 Å². The number of hydrogen-bond acceptors (Lipinski definition) is 0. The second-order valence-electron chi connectivity index (χ2n) is 0.931. The summed E-state index contributed by atoms with van der Waals surface area (Å²) in [6, 6.07) is 0. The van der Waals surface area contributed by atoms with Crippen molar-refractivity contribution in [3.05, 3.63) is 19.6 Å². The fourth-order valence-corrected chi connectivity index (χ4v) is 0.144. The van der Waals surface area contributed by atoms with Crippen molar-refractivity contribution >= 4 is 0 Å². The van der Waals surface area contributed by atoms with Crippen LogP contribution in [0.15, 0.2) is 12.7 Å². The maximum absolute atomic E-state index is 3.60. The molecule has 0 N–H and O–H groups in total. The van der Waals surface area contributed by atoms with E-state index in [0.717, 1.165) is 12.8 Å². The Morgan fingerprint density at radius 1 is 1.25 bits per heavy atom. The fraction of sp³-hybridized carbons (Fsp3) is 0.400. The van der Waals surface area contributed by atoms with Crippen LogP contribution in [-0.2, 0) is 0 Å². The summed E-state index contributed by atoms with van der Waals surface area (Å²) in [5.41, 5.74) is 0. The minimum Gasteiger partial charge on any atom is -1.00 e. The second-order valence-corrected chi connectivity index (χ2v) is 0.931. The summed E-state index contributed by atoms with van der Waals surface area (Å²) < 4.78 is 0. The van der Waals surface area contributed by atoms with E-state index in [0.29, 0.717) is 0 Å². The van der Waals surface area contributed by atoms with Gasteiger partial charge >= 0.3 is 0 Å². The molecule has 0 unspecified atom stereocenters. The number of rotatable bonds is 2. The van der Waals surface area contributed by atoms with Crippen LogP contribution in [-0.4, -0.2) is 0 Å². The zero-order valence-electron chi connectivity index (χ0n) is 4.57. The Balaban J connectivity index is -0.0000000267. The van der Waals surface area contributed by atoms with Crippen LogP contribution < -0.4 is 48.0 Å². The van der Waals surface area contributed by atoms with Gasteiger partial charge in [-0.15, -0.1) is 6.58 Å². The van der Waals surface area contributed by atoms with E-state index >= 15 is 0 Å². The quantitative estimate of drug-likeness (QED) is 0.282. The van der Waals surface area contributed by atoms with Gasteiger partial charge in [-0.1, -0.05) is 13.0 Å². The Kier molecular flexibility index (Phi) is 63.6. The number of allylic oxidation sites excluding steroid dienone is 1. The molecule has 0 bridgehead atoms. The maximum atomic E-state index is 3.60. The topological polar surface area (TPSA) is 0 Å². The SMILES string of the molecule is [CH2]CCC=C.[I-].[I-].[Sm]. The van der Waals surface area contributed by atoms with E-state index in [9.17, 15) is 0 Å². The average molecular weight is 473 g/mol. The molecule has 0 rings (SSSR count). The van der Waals surface area contributed by atoms with Crippen molar-refractivity contribution in [1.82, 2.24) is 0 Å². The summed E-state index contributed by atoms with van der Waals surface area (Å²) in [6.45, 7) is 7.11. The van der Waals surface area contributed by atoms with Crippen molar-refractivity contribution in [2.45, 2.75) is 12.8 Å². The van der Waals surface area contributed by atoms with Gasteiger partial charge in [-0.3, -0.25) is 0 Å². The largest absolute Gasteiger partial charge is 1.00 e. The first-order chi connectivity index (χ1) is 2.41. The van der Waals surface area contributed by atoms with E-state index in [1.165, 1.54) is 0 Å². The van der Waals surface area contributed by atoms with Crippen molar-refractivity contribution in [1.29, 1.82) is 0 Å². The minimum absolute atomic E-state index is 0. The molecule has 3 heteroatoms. The molecule has 0 atom stereocenters. The molecule has 51 valence electrons. The molecule has 0 aromatic heterocycles. The fourth-order valence-electron chi connectivity index (χ4n) is 0.144. The van der Waals surface area contributed by atoms with Crippen LogP contribution in [0.4, 0.5) is 0 Å². The Bertz CT molecular complexity index is 31.6. The smallest absolute Gasteiger partial charge is 0 e. The number of halogens is 2. The second kappa shape index (κ2) is 22.7. The molecule has 0 aliphatic rings. The van der Waals surface area contributed by atoms with Crippen molar-refractivity contribution < 1.29 is 88.3 Å². The Morgan fingerprint density at radius 3 is 1.62 bits per heavy atom. The molecule has 8 heavy (non-hydrogen) atoms. The van der Waals surface area contributed by atoms with Crippen LogP contribution in [0, 0.1) is 47.3 Å². The summed E-state index contributed by atoms with van der Waals surface area (Å²) in [5.74, 6) is 0. The van der Waals surface area contributed by atoms with Crippen molar-refractivity contribution in [2.75, 3.05) is 0 Å². The summed E-state index contributed by atoms with van der Waals surface area (Å²) in [5, 5.41) is 0. The van der Waals surface area contributed by atoms with Crippen molar-refractivity contribution in [3.8, 4) is 0 Å². The van der Waals surface area contributed by atoms with E-state index < -0.39 is 0 Å². The van der Waals surface area contributed by atoms with Gasteiger partial charge < -0.3 is 48.0 Å². The summed E-state index contributed by atoms with van der Waals surface area (Å²) >= 11 is 0. The number of unbranched alkanes of at least 4 members (excludes halogenated alkanes) is 1. The minimum atomic E-state index is 0. The van der Waals surface area contributed by atoms with E-state index in [1.54, 1.807) is 0 Å². The van der Waals surface area contributed by atoms with E-state index in [4.69, 9.17) is 0 Å². The average Bonchev–Trinajstić information content (AvgIpc) is 1.41. The third-order valence-electron chi connectivity index (χ3n) is 0.408. The third kappa shape index (κ3) is 23.6. The van der Waals surface area contributed by atoms with E-state index in [-0.39, 0.29) is 88.3 Å². The van der Waals surface area contributed by atoms with Gasteiger partial charge in [0.1, 0.15) is 0 Å². The molecule has 0 aromatic carbocycles.